The maximum atomic E-state index is 13.1. The van der Waals surface area contributed by atoms with Gasteiger partial charge in [0, 0.05) is 25.7 Å². The van der Waals surface area contributed by atoms with Crippen LogP contribution in [0, 0.1) is 5.92 Å². The van der Waals surface area contributed by atoms with Gasteiger partial charge in [-0.3, -0.25) is 37.3 Å². The highest BCUT2D eigenvalue weighted by molar-refractivity contribution is 7.47. The fraction of sp³-hybridized carbons (Fsp3) is 0.950. The number of phosphoric ester groups is 2. The van der Waals surface area contributed by atoms with Crippen molar-refractivity contribution in [3.05, 3.63) is 0 Å². The molecule has 0 aromatic heterocycles. The minimum absolute atomic E-state index is 0.107. The number of esters is 4. The van der Waals surface area contributed by atoms with Crippen molar-refractivity contribution in [1.29, 1.82) is 0 Å². The van der Waals surface area contributed by atoms with E-state index in [-0.39, 0.29) is 25.7 Å². The molecule has 588 valence electrons. The van der Waals surface area contributed by atoms with Crippen LogP contribution in [0.15, 0.2) is 0 Å². The van der Waals surface area contributed by atoms with Gasteiger partial charge in [0.05, 0.1) is 26.4 Å². The van der Waals surface area contributed by atoms with Gasteiger partial charge in [0.2, 0.25) is 0 Å². The fourth-order valence-corrected chi connectivity index (χ4v) is 14.0. The van der Waals surface area contributed by atoms with E-state index < -0.39 is 97.5 Å². The summed E-state index contributed by atoms with van der Waals surface area (Å²) in [6.45, 7) is 7.26. The van der Waals surface area contributed by atoms with E-state index in [0.29, 0.717) is 25.7 Å². The Kier molecular flexibility index (Phi) is 71.6. The average molecular weight is 1450 g/mol. The van der Waals surface area contributed by atoms with Crippen LogP contribution in [0.2, 0.25) is 0 Å². The van der Waals surface area contributed by atoms with Gasteiger partial charge in [-0.15, -0.1) is 0 Å². The van der Waals surface area contributed by atoms with Crippen LogP contribution in [0.25, 0.3) is 0 Å². The minimum Gasteiger partial charge on any atom is -0.462 e. The fourth-order valence-electron chi connectivity index (χ4n) is 12.4. The van der Waals surface area contributed by atoms with Crippen LogP contribution in [0.4, 0.5) is 0 Å². The Labute approximate surface area is 607 Å². The highest BCUT2D eigenvalue weighted by atomic mass is 31.2. The summed E-state index contributed by atoms with van der Waals surface area (Å²) in [6, 6.07) is 0. The normalized spacial score (nSPS) is 13.9. The number of rotatable bonds is 80. The number of hydrogen-bond donors (Lipinski definition) is 3. The zero-order chi connectivity index (χ0) is 72.7. The molecule has 0 aromatic carbocycles. The highest BCUT2D eigenvalue weighted by Gasteiger charge is 2.30. The van der Waals surface area contributed by atoms with Crippen molar-refractivity contribution >= 4 is 39.5 Å². The van der Waals surface area contributed by atoms with Crippen LogP contribution in [0.5, 0.6) is 0 Å². The molecule has 0 spiro atoms. The summed E-state index contributed by atoms with van der Waals surface area (Å²) in [6.07, 6.45) is 64.4. The first-order valence-corrected chi connectivity index (χ1v) is 44.6. The van der Waals surface area contributed by atoms with Crippen molar-refractivity contribution in [2.45, 2.75) is 445 Å². The number of unbranched alkanes of at least 4 members (excludes halogenated alkanes) is 52. The highest BCUT2D eigenvalue weighted by Crippen LogP contribution is 2.45. The summed E-state index contributed by atoms with van der Waals surface area (Å²) in [5.41, 5.74) is 0. The Bertz CT molecular complexity index is 1890. The molecule has 0 aliphatic carbocycles. The van der Waals surface area contributed by atoms with E-state index >= 15 is 0 Å². The first-order valence-electron chi connectivity index (χ1n) is 41.6. The molecule has 0 rings (SSSR count). The topological polar surface area (TPSA) is 237 Å². The molecule has 0 bridgehead atoms. The lowest BCUT2D eigenvalue weighted by atomic mass is 10.0. The zero-order valence-corrected chi connectivity index (χ0v) is 66.4. The molecule has 19 heteroatoms. The molecule has 0 saturated heterocycles. The molecular weight excluding hydrogens is 1290 g/mol. The molecule has 0 fully saturated rings. The van der Waals surface area contributed by atoms with Crippen LogP contribution < -0.4 is 0 Å². The lowest BCUT2D eigenvalue weighted by Crippen LogP contribution is -2.30. The number of aliphatic hydroxyl groups excluding tert-OH is 1. The van der Waals surface area contributed by atoms with Gasteiger partial charge in [-0.1, -0.05) is 375 Å². The lowest BCUT2D eigenvalue weighted by Gasteiger charge is -2.21. The number of ether oxygens (including phenoxy) is 4. The van der Waals surface area contributed by atoms with Crippen LogP contribution in [-0.2, 0) is 65.4 Å². The van der Waals surface area contributed by atoms with Crippen LogP contribution in [0.3, 0.4) is 0 Å². The summed E-state index contributed by atoms with van der Waals surface area (Å²) in [5, 5.41) is 10.6. The molecule has 0 heterocycles. The van der Waals surface area contributed by atoms with Gasteiger partial charge in [-0.25, -0.2) is 9.13 Å². The maximum Gasteiger partial charge on any atom is 0.472 e. The van der Waals surface area contributed by atoms with Crippen LogP contribution in [0.1, 0.15) is 426 Å². The molecule has 0 aliphatic heterocycles. The minimum atomic E-state index is -4.96. The molecule has 0 radical (unpaired) electrons. The van der Waals surface area contributed by atoms with E-state index in [0.717, 1.165) is 102 Å². The van der Waals surface area contributed by atoms with Gasteiger partial charge in [0.25, 0.3) is 0 Å². The number of hydrogen-bond acceptors (Lipinski definition) is 15. The first kappa shape index (κ1) is 97.1. The van der Waals surface area contributed by atoms with Gasteiger partial charge in [0.15, 0.2) is 12.2 Å². The van der Waals surface area contributed by atoms with Crippen molar-refractivity contribution in [2.75, 3.05) is 39.6 Å². The second kappa shape index (κ2) is 73.0. The summed E-state index contributed by atoms with van der Waals surface area (Å²) in [4.78, 5) is 72.6. The number of aliphatic hydroxyl groups is 1. The van der Waals surface area contributed by atoms with E-state index in [4.69, 9.17) is 37.0 Å². The predicted octanol–water partition coefficient (Wildman–Crippen LogP) is 24.0. The van der Waals surface area contributed by atoms with Gasteiger partial charge >= 0.3 is 39.5 Å². The maximum absolute atomic E-state index is 13.1. The third-order valence-electron chi connectivity index (χ3n) is 18.8. The molecule has 5 atom stereocenters. The Morgan fingerprint density at radius 1 is 0.273 bits per heavy atom. The molecule has 0 amide bonds. The third kappa shape index (κ3) is 74.1. The Morgan fingerprint density at radius 2 is 0.465 bits per heavy atom. The molecule has 0 aliphatic rings. The Morgan fingerprint density at radius 3 is 0.687 bits per heavy atom. The van der Waals surface area contributed by atoms with E-state index in [1.165, 1.54) is 244 Å². The van der Waals surface area contributed by atoms with Gasteiger partial charge in [-0.05, 0) is 31.6 Å². The lowest BCUT2D eigenvalue weighted by molar-refractivity contribution is -0.161. The number of phosphoric acid groups is 2. The molecule has 0 saturated carbocycles. The second-order valence-electron chi connectivity index (χ2n) is 29.3. The van der Waals surface area contributed by atoms with Gasteiger partial charge < -0.3 is 33.8 Å². The third-order valence-corrected chi connectivity index (χ3v) is 20.7. The summed E-state index contributed by atoms with van der Waals surface area (Å²) >= 11 is 0. The van der Waals surface area contributed by atoms with E-state index in [1.54, 1.807) is 0 Å². The SMILES string of the molecule is CCCCCCCCCCCCCCCCCCCCCCCC(=O)OC[C@H](COP(=O)(O)OC[C@@H](O)COP(=O)(O)OC[C@@H](COC(=O)CCCCCCC)OC(=O)CCCCCCCCCCCCCC)OC(=O)CCCCCCCCCCCCCCCCCCCCC(C)C. The monoisotopic (exact) mass is 1450 g/mol. The smallest absolute Gasteiger partial charge is 0.462 e. The van der Waals surface area contributed by atoms with E-state index in [2.05, 4.69) is 34.6 Å². The molecule has 3 N–H and O–H groups in total. The molecule has 17 nitrogen and oxygen atoms in total. The summed E-state index contributed by atoms with van der Waals surface area (Å²) in [5.74, 6) is -1.30. The van der Waals surface area contributed by atoms with Crippen molar-refractivity contribution in [1.82, 2.24) is 0 Å². The first-order chi connectivity index (χ1) is 48.0. The molecule has 99 heavy (non-hydrogen) atoms. The number of carbonyl (C=O) groups excluding carboxylic acids is 4. The quantitative estimate of drug-likeness (QED) is 0.0222. The molecular formula is C80H156O17P2. The second-order valence-corrected chi connectivity index (χ2v) is 32.2. The van der Waals surface area contributed by atoms with E-state index in [9.17, 15) is 43.2 Å². The van der Waals surface area contributed by atoms with Gasteiger partial charge in [-0.2, -0.15) is 0 Å². The Hall–Kier alpha value is -1.94. The predicted molar refractivity (Wildman–Crippen MR) is 405 cm³/mol. The van der Waals surface area contributed by atoms with Crippen molar-refractivity contribution in [3.8, 4) is 0 Å². The van der Waals surface area contributed by atoms with Crippen LogP contribution in [-0.4, -0.2) is 96.7 Å². The van der Waals surface area contributed by atoms with Crippen molar-refractivity contribution in [3.63, 3.8) is 0 Å². The van der Waals surface area contributed by atoms with E-state index in [1.807, 2.05) is 0 Å². The molecule has 0 aromatic rings. The van der Waals surface area contributed by atoms with Crippen LogP contribution >= 0.6 is 15.6 Å². The van der Waals surface area contributed by atoms with Gasteiger partial charge in [0.1, 0.15) is 19.3 Å². The Balaban J connectivity index is 5.10. The average Bonchev–Trinajstić information content (AvgIpc) is 1.10. The molecule has 2 unspecified atom stereocenters. The van der Waals surface area contributed by atoms with Crippen molar-refractivity contribution in [2.24, 2.45) is 5.92 Å². The van der Waals surface area contributed by atoms with Crippen molar-refractivity contribution < 1.29 is 80.2 Å². The summed E-state index contributed by atoms with van der Waals surface area (Å²) in [7, 11) is -9.90. The summed E-state index contributed by atoms with van der Waals surface area (Å²) < 4.78 is 68.4. The number of carbonyl (C=O) groups is 4. The largest absolute Gasteiger partial charge is 0.472 e. The standard InChI is InChI=1S/C80H156O17P2/c1-6-9-12-15-17-19-21-23-24-25-26-27-28-32-35-38-42-45-49-54-59-64-78(83)91-70-76(97-80(85)66-61-56-51-47-43-39-36-33-30-29-31-34-37-40-44-48-53-57-62-73(4)5)72-95-99(88,89)93-68-74(81)67-92-98(86,87)94-71-75(69-90-77(82)63-58-52-14-11-8-3)96-79(84)65-60-55-50-46-41-22-20-18-16-13-10-7-2/h73-76,81H,6-72H2,1-5H3,(H,86,87)(H,88,89)/t74-,75+,76+/m0/s1. The zero-order valence-electron chi connectivity index (χ0n) is 64.6.